The van der Waals surface area contributed by atoms with Crippen molar-refractivity contribution >= 4 is 5.91 Å². The molecule has 1 atom stereocenters. The number of hydrogen-bond donors (Lipinski definition) is 2. The quantitative estimate of drug-likeness (QED) is 0.678. The second-order valence-electron chi connectivity index (χ2n) is 2.57. The Morgan fingerprint density at radius 1 is 1.77 bits per heavy atom. The van der Waals surface area contributed by atoms with Crippen molar-refractivity contribution < 1.29 is 9.32 Å². The lowest BCUT2D eigenvalue weighted by Gasteiger charge is -2.06. The lowest BCUT2D eigenvalue weighted by molar-refractivity contribution is 0.0987. The van der Waals surface area contributed by atoms with E-state index in [4.69, 9.17) is 10.3 Å². The van der Waals surface area contributed by atoms with Gasteiger partial charge in [0.05, 0.1) is 6.04 Å². The number of nitrogens with one attached hydrogen (secondary N) is 1. The minimum Gasteiger partial charge on any atom is -0.363 e. The molecule has 6 heteroatoms. The normalized spacial score (nSPS) is 12.8. The van der Waals surface area contributed by atoms with E-state index in [9.17, 15) is 4.79 Å². The molecule has 13 heavy (non-hydrogen) atoms. The van der Waals surface area contributed by atoms with Crippen LogP contribution in [0.2, 0.25) is 0 Å². The Hall–Kier alpha value is -1.43. The first kappa shape index (κ1) is 9.66. The van der Waals surface area contributed by atoms with Crippen molar-refractivity contribution in [3.05, 3.63) is 11.7 Å². The van der Waals surface area contributed by atoms with Crippen molar-refractivity contribution in [3.8, 4) is 0 Å². The van der Waals surface area contributed by atoms with E-state index < -0.39 is 5.91 Å². The van der Waals surface area contributed by atoms with Gasteiger partial charge in [0.15, 0.2) is 0 Å². The number of carbonyl (C=O) groups is 1. The van der Waals surface area contributed by atoms with Crippen LogP contribution in [-0.2, 0) is 0 Å². The summed E-state index contributed by atoms with van der Waals surface area (Å²) in [5, 5.41) is 6.40. The highest BCUT2D eigenvalue weighted by atomic mass is 16.5. The molecule has 0 aliphatic carbocycles. The number of primary amides is 1. The maximum Gasteiger partial charge on any atom is 0.290 e. The van der Waals surface area contributed by atoms with Gasteiger partial charge in [-0.1, -0.05) is 12.1 Å². The van der Waals surface area contributed by atoms with Crippen LogP contribution in [0.4, 0.5) is 0 Å². The Bertz CT molecular complexity index is 292. The fourth-order valence-electron chi connectivity index (χ4n) is 0.979. The Morgan fingerprint density at radius 3 is 2.85 bits per heavy atom. The molecule has 0 saturated carbocycles. The molecule has 0 aromatic carbocycles. The molecule has 0 saturated heterocycles. The lowest BCUT2D eigenvalue weighted by Crippen LogP contribution is -2.17. The Balaban J connectivity index is 2.84. The van der Waals surface area contributed by atoms with Gasteiger partial charge in [-0.2, -0.15) is 4.98 Å². The minimum absolute atomic E-state index is 0.0272. The predicted molar refractivity (Wildman–Crippen MR) is 44.9 cm³/mol. The maximum absolute atomic E-state index is 10.6. The second-order valence-corrected chi connectivity index (χ2v) is 2.57. The molecule has 72 valence electrons. The highest BCUT2D eigenvalue weighted by molar-refractivity contribution is 5.88. The van der Waals surface area contributed by atoms with Gasteiger partial charge in [0.1, 0.15) is 0 Å². The average molecular weight is 184 g/mol. The first-order valence-electron chi connectivity index (χ1n) is 3.99. The first-order chi connectivity index (χ1) is 6.19. The van der Waals surface area contributed by atoms with Gasteiger partial charge in [-0.3, -0.25) is 4.79 Å². The largest absolute Gasteiger partial charge is 0.363 e. The SMILES string of the molecule is CCC(NC)c1nc(C(N)=O)no1. The number of aromatic nitrogens is 2. The molecule has 0 aliphatic heterocycles. The predicted octanol–water partition coefficient (Wildman–Crippen LogP) is -0.161. The van der Waals surface area contributed by atoms with Crippen molar-refractivity contribution in [2.45, 2.75) is 19.4 Å². The zero-order valence-corrected chi connectivity index (χ0v) is 7.57. The molecule has 3 N–H and O–H groups in total. The van der Waals surface area contributed by atoms with E-state index in [1.54, 1.807) is 7.05 Å². The number of nitrogens with zero attached hydrogens (tertiary/aromatic N) is 2. The number of rotatable bonds is 4. The van der Waals surface area contributed by atoms with Crippen LogP contribution in [0.15, 0.2) is 4.52 Å². The van der Waals surface area contributed by atoms with Gasteiger partial charge in [-0.05, 0) is 13.5 Å². The van der Waals surface area contributed by atoms with Gasteiger partial charge < -0.3 is 15.6 Å². The van der Waals surface area contributed by atoms with Crippen LogP contribution in [0.25, 0.3) is 0 Å². The Labute approximate surface area is 75.5 Å². The van der Waals surface area contributed by atoms with E-state index in [2.05, 4.69) is 15.5 Å². The summed E-state index contributed by atoms with van der Waals surface area (Å²) in [7, 11) is 1.78. The van der Waals surface area contributed by atoms with Crippen molar-refractivity contribution in [2.24, 2.45) is 5.73 Å². The Kier molecular flexibility index (Phi) is 2.97. The molecule has 1 rings (SSSR count). The third-order valence-electron chi connectivity index (χ3n) is 1.72. The highest BCUT2D eigenvalue weighted by Gasteiger charge is 2.17. The molecule has 0 radical (unpaired) electrons. The van der Waals surface area contributed by atoms with Crippen LogP contribution in [-0.4, -0.2) is 23.1 Å². The number of carbonyl (C=O) groups excluding carboxylic acids is 1. The lowest BCUT2D eigenvalue weighted by atomic mass is 10.2. The van der Waals surface area contributed by atoms with Crippen molar-refractivity contribution in [1.29, 1.82) is 0 Å². The van der Waals surface area contributed by atoms with Gasteiger partial charge in [0.25, 0.3) is 11.7 Å². The zero-order valence-electron chi connectivity index (χ0n) is 7.57. The summed E-state index contributed by atoms with van der Waals surface area (Å²) < 4.78 is 4.85. The van der Waals surface area contributed by atoms with Gasteiger partial charge in [-0.25, -0.2) is 0 Å². The summed E-state index contributed by atoms with van der Waals surface area (Å²) in [5.41, 5.74) is 4.97. The number of nitrogens with two attached hydrogens (primary N) is 1. The first-order valence-corrected chi connectivity index (χ1v) is 3.99. The fraction of sp³-hybridized carbons (Fsp3) is 0.571. The molecule has 0 spiro atoms. The third-order valence-corrected chi connectivity index (χ3v) is 1.72. The smallest absolute Gasteiger partial charge is 0.290 e. The molecule has 1 amide bonds. The van der Waals surface area contributed by atoms with Crippen LogP contribution in [0.5, 0.6) is 0 Å². The second kappa shape index (κ2) is 3.99. The molecule has 0 bridgehead atoms. The van der Waals surface area contributed by atoms with Gasteiger partial charge in [0.2, 0.25) is 5.89 Å². The summed E-state index contributed by atoms with van der Waals surface area (Å²) >= 11 is 0. The van der Waals surface area contributed by atoms with Crippen molar-refractivity contribution in [2.75, 3.05) is 7.05 Å². The zero-order chi connectivity index (χ0) is 9.84. The van der Waals surface area contributed by atoms with Crippen LogP contribution in [0.3, 0.4) is 0 Å². The summed E-state index contributed by atoms with van der Waals surface area (Å²) in [6.45, 7) is 1.97. The van der Waals surface area contributed by atoms with Crippen LogP contribution in [0.1, 0.15) is 35.9 Å². The Morgan fingerprint density at radius 2 is 2.46 bits per heavy atom. The highest BCUT2D eigenvalue weighted by Crippen LogP contribution is 2.12. The average Bonchev–Trinajstić information content (AvgIpc) is 2.56. The van der Waals surface area contributed by atoms with E-state index >= 15 is 0 Å². The molecule has 6 nitrogen and oxygen atoms in total. The van der Waals surface area contributed by atoms with Crippen LogP contribution >= 0.6 is 0 Å². The van der Waals surface area contributed by atoms with E-state index in [0.29, 0.717) is 5.89 Å². The summed E-state index contributed by atoms with van der Waals surface area (Å²) in [6.07, 6.45) is 0.802. The van der Waals surface area contributed by atoms with E-state index in [0.717, 1.165) is 6.42 Å². The monoisotopic (exact) mass is 184 g/mol. The van der Waals surface area contributed by atoms with E-state index in [-0.39, 0.29) is 11.9 Å². The van der Waals surface area contributed by atoms with Gasteiger partial charge in [-0.15, -0.1) is 0 Å². The van der Waals surface area contributed by atoms with E-state index in [1.807, 2.05) is 6.92 Å². The summed E-state index contributed by atoms with van der Waals surface area (Å²) in [6, 6.07) is -0.0272. The number of amides is 1. The van der Waals surface area contributed by atoms with Crippen LogP contribution in [0, 0.1) is 0 Å². The molecular formula is C7H12N4O2. The topological polar surface area (TPSA) is 94.0 Å². The molecule has 0 aliphatic rings. The van der Waals surface area contributed by atoms with Crippen molar-refractivity contribution in [1.82, 2.24) is 15.5 Å². The van der Waals surface area contributed by atoms with Crippen LogP contribution < -0.4 is 11.1 Å². The maximum atomic E-state index is 10.6. The van der Waals surface area contributed by atoms with Gasteiger partial charge >= 0.3 is 0 Å². The molecule has 1 unspecified atom stereocenters. The molecule has 1 heterocycles. The molecular weight excluding hydrogens is 172 g/mol. The molecule has 0 fully saturated rings. The third kappa shape index (κ3) is 2.03. The molecule has 1 aromatic heterocycles. The number of hydrogen-bond acceptors (Lipinski definition) is 5. The standard InChI is InChI=1S/C7H12N4O2/c1-3-4(9-2)7-10-6(5(8)12)11-13-7/h4,9H,3H2,1-2H3,(H2,8,12). The summed E-state index contributed by atoms with van der Waals surface area (Å²) in [5.74, 6) is -0.372. The fourth-order valence-corrected chi connectivity index (χ4v) is 0.979. The molecule has 1 aromatic rings. The summed E-state index contributed by atoms with van der Waals surface area (Å²) in [4.78, 5) is 14.5. The van der Waals surface area contributed by atoms with Gasteiger partial charge in [0, 0.05) is 0 Å². The minimum atomic E-state index is -0.680. The van der Waals surface area contributed by atoms with Crippen molar-refractivity contribution in [3.63, 3.8) is 0 Å². The van der Waals surface area contributed by atoms with E-state index in [1.165, 1.54) is 0 Å².